The summed E-state index contributed by atoms with van der Waals surface area (Å²) in [6.45, 7) is 6.47. The summed E-state index contributed by atoms with van der Waals surface area (Å²) in [5.41, 5.74) is 2.30. The van der Waals surface area contributed by atoms with Gasteiger partial charge in [-0.3, -0.25) is 4.79 Å². The largest absolute Gasteiger partial charge is 0.492 e. The maximum Gasteiger partial charge on any atom is 0.259 e. The molecule has 0 fully saturated rings. The van der Waals surface area contributed by atoms with Crippen molar-refractivity contribution in [3.63, 3.8) is 0 Å². The predicted octanol–water partition coefficient (Wildman–Crippen LogP) is 3.94. The van der Waals surface area contributed by atoms with E-state index < -0.39 is 0 Å². The SMILES string of the molecule is Cc1noc2nc(C(C)C)cc(C(=O)N(C)CCOc3ccc(F)cc3)c12. The molecule has 0 radical (unpaired) electrons. The zero-order chi connectivity index (χ0) is 19.6. The van der Waals surface area contributed by atoms with E-state index in [1.165, 1.54) is 12.1 Å². The van der Waals surface area contributed by atoms with E-state index in [0.717, 1.165) is 5.69 Å². The number of nitrogens with zero attached hydrogens (tertiary/aromatic N) is 3. The second-order valence-corrected chi connectivity index (χ2v) is 6.73. The lowest BCUT2D eigenvalue weighted by atomic mass is 10.0. The standard InChI is InChI=1S/C20H22FN3O3/c1-12(2)17-11-16(18-13(3)23-27-19(18)22-17)20(25)24(4)9-10-26-15-7-5-14(21)6-8-15/h5-8,11-12H,9-10H2,1-4H3. The number of fused-ring (bicyclic) bond motifs is 1. The third kappa shape index (κ3) is 4.07. The van der Waals surface area contributed by atoms with Crippen LogP contribution in [0.5, 0.6) is 5.75 Å². The highest BCUT2D eigenvalue weighted by Gasteiger charge is 2.22. The number of aryl methyl sites for hydroxylation is 1. The lowest BCUT2D eigenvalue weighted by Crippen LogP contribution is -2.31. The van der Waals surface area contributed by atoms with Gasteiger partial charge in [0.25, 0.3) is 11.6 Å². The fraction of sp³-hybridized carbons (Fsp3) is 0.350. The van der Waals surface area contributed by atoms with E-state index in [1.807, 2.05) is 13.8 Å². The van der Waals surface area contributed by atoms with Crippen LogP contribution in [-0.2, 0) is 0 Å². The van der Waals surface area contributed by atoms with Gasteiger partial charge >= 0.3 is 0 Å². The van der Waals surface area contributed by atoms with Crippen LogP contribution >= 0.6 is 0 Å². The van der Waals surface area contributed by atoms with Gasteiger partial charge in [-0.05, 0) is 43.2 Å². The van der Waals surface area contributed by atoms with Gasteiger partial charge in [0, 0.05) is 12.7 Å². The van der Waals surface area contributed by atoms with Crippen LogP contribution in [0.15, 0.2) is 34.9 Å². The Morgan fingerprint density at radius 2 is 2.00 bits per heavy atom. The van der Waals surface area contributed by atoms with Crippen molar-refractivity contribution >= 4 is 17.0 Å². The van der Waals surface area contributed by atoms with Crippen LogP contribution in [0.3, 0.4) is 0 Å². The first-order valence-electron chi connectivity index (χ1n) is 8.77. The molecule has 2 aromatic heterocycles. The Kier molecular flexibility index (Phi) is 5.39. The Bertz CT molecular complexity index is 951. The minimum atomic E-state index is -0.318. The number of pyridine rings is 1. The van der Waals surface area contributed by atoms with Crippen LogP contribution < -0.4 is 4.74 Å². The molecule has 0 aliphatic heterocycles. The molecule has 1 amide bonds. The van der Waals surface area contributed by atoms with Crippen LogP contribution in [-0.4, -0.2) is 41.1 Å². The number of rotatable bonds is 6. The van der Waals surface area contributed by atoms with Gasteiger partial charge in [-0.1, -0.05) is 19.0 Å². The van der Waals surface area contributed by atoms with Crippen molar-refractivity contribution in [1.82, 2.24) is 15.0 Å². The van der Waals surface area contributed by atoms with Crippen molar-refractivity contribution in [3.05, 3.63) is 53.1 Å². The molecule has 0 spiro atoms. The van der Waals surface area contributed by atoms with E-state index in [0.29, 0.717) is 41.3 Å². The van der Waals surface area contributed by atoms with Crippen molar-refractivity contribution in [2.24, 2.45) is 0 Å². The van der Waals surface area contributed by atoms with E-state index in [9.17, 15) is 9.18 Å². The van der Waals surface area contributed by atoms with E-state index in [-0.39, 0.29) is 17.6 Å². The summed E-state index contributed by atoms with van der Waals surface area (Å²) in [4.78, 5) is 19.0. The van der Waals surface area contributed by atoms with Crippen LogP contribution in [0.4, 0.5) is 4.39 Å². The molecule has 0 atom stereocenters. The zero-order valence-corrected chi connectivity index (χ0v) is 15.8. The molecule has 2 heterocycles. The third-order valence-corrected chi connectivity index (χ3v) is 4.31. The minimum absolute atomic E-state index is 0.151. The van der Waals surface area contributed by atoms with Crippen molar-refractivity contribution in [3.8, 4) is 5.75 Å². The normalized spacial score (nSPS) is 11.2. The third-order valence-electron chi connectivity index (χ3n) is 4.31. The Hall–Kier alpha value is -2.96. The van der Waals surface area contributed by atoms with Crippen LogP contribution in [0.1, 0.15) is 41.5 Å². The van der Waals surface area contributed by atoms with E-state index in [2.05, 4.69) is 10.1 Å². The summed E-state index contributed by atoms with van der Waals surface area (Å²) >= 11 is 0. The maximum atomic E-state index is 13.0. The van der Waals surface area contributed by atoms with Crippen molar-refractivity contribution in [1.29, 1.82) is 0 Å². The summed E-state index contributed by atoms with van der Waals surface area (Å²) in [6.07, 6.45) is 0. The molecule has 27 heavy (non-hydrogen) atoms. The Labute approximate surface area is 156 Å². The summed E-state index contributed by atoms with van der Waals surface area (Å²) in [5, 5.41) is 4.58. The fourth-order valence-corrected chi connectivity index (χ4v) is 2.72. The first-order valence-corrected chi connectivity index (χ1v) is 8.77. The molecule has 3 rings (SSSR count). The summed E-state index contributed by atoms with van der Waals surface area (Å²) < 4.78 is 23.8. The minimum Gasteiger partial charge on any atom is -0.492 e. The van der Waals surface area contributed by atoms with Crippen LogP contribution in [0.2, 0.25) is 0 Å². The first kappa shape index (κ1) is 18.8. The van der Waals surface area contributed by atoms with Gasteiger partial charge in [0.05, 0.1) is 23.2 Å². The van der Waals surface area contributed by atoms with Crippen molar-refractivity contribution in [2.45, 2.75) is 26.7 Å². The van der Waals surface area contributed by atoms with Gasteiger partial charge in [-0.15, -0.1) is 0 Å². The molecule has 1 aromatic carbocycles. The molecule has 6 nitrogen and oxygen atoms in total. The molecule has 7 heteroatoms. The second-order valence-electron chi connectivity index (χ2n) is 6.73. The summed E-state index contributed by atoms with van der Waals surface area (Å²) in [6, 6.07) is 7.58. The molecule has 142 valence electrons. The van der Waals surface area contributed by atoms with Crippen molar-refractivity contribution in [2.75, 3.05) is 20.2 Å². The van der Waals surface area contributed by atoms with E-state index in [4.69, 9.17) is 9.26 Å². The Morgan fingerprint density at radius 3 is 2.67 bits per heavy atom. The lowest BCUT2D eigenvalue weighted by Gasteiger charge is -2.18. The Balaban J connectivity index is 1.76. The summed E-state index contributed by atoms with van der Waals surface area (Å²) in [5.74, 6) is 0.235. The number of benzene rings is 1. The molecule has 3 aromatic rings. The number of ether oxygens (including phenoxy) is 1. The second kappa shape index (κ2) is 7.73. The average Bonchev–Trinajstić information content (AvgIpc) is 3.03. The lowest BCUT2D eigenvalue weighted by molar-refractivity contribution is 0.0775. The highest BCUT2D eigenvalue weighted by Crippen LogP contribution is 2.26. The highest BCUT2D eigenvalue weighted by molar-refractivity contribution is 6.05. The number of hydrogen-bond donors (Lipinski definition) is 0. The first-order chi connectivity index (χ1) is 12.9. The van der Waals surface area contributed by atoms with Crippen LogP contribution in [0, 0.1) is 12.7 Å². The van der Waals surface area contributed by atoms with Crippen LogP contribution in [0.25, 0.3) is 11.1 Å². The van der Waals surface area contributed by atoms with Gasteiger partial charge < -0.3 is 14.2 Å². The number of amides is 1. The fourth-order valence-electron chi connectivity index (χ4n) is 2.72. The number of halogens is 1. The van der Waals surface area contributed by atoms with E-state index >= 15 is 0 Å². The molecule has 0 aliphatic carbocycles. The van der Waals surface area contributed by atoms with Gasteiger partial charge in [0.15, 0.2) is 0 Å². The molecule has 0 saturated heterocycles. The smallest absolute Gasteiger partial charge is 0.259 e. The van der Waals surface area contributed by atoms with Gasteiger partial charge in [-0.25, -0.2) is 9.37 Å². The molecular weight excluding hydrogens is 349 g/mol. The van der Waals surface area contributed by atoms with Gasteiger partial charge in [0.2, 0.25) is 0 Å². The summed E-state index contributed by atoms with van der Waals surface area (Å²) in [7, 11) is 1.71. The number of carbonyl (C=O) groups is 1. The number of aromatic nitrogens is 2. The van der Waals surface area contributed by atoms with Gasteiger partial charge in [0.1, 0.15) is 18.2 Å². The average molecular weight is 371 g/mol. The maximum absolute atomic E-state index is 13.0. The quantitative estimate of drug-likeness (QED) is 0.656. The van der Waals surface area contributed by atoms with Gasteiger partial charge in [-0.2, -0.15) is 0 Å². The number of likely N-dealkylation sites (N-methyl/N-ethyl adjacent to an activating group) is 1. The highest BCUT2D eigenvalue weighted by atomic mass is 19.1. The monoisotopic (exact) mass is 371 g/mol. The number of carbonyl (C=O) groups excluding carboxylic acids is 1. The topological polar surface area (TPSA) is 68.5 Å². The molecule has 0 unspecified atom stereocenters. The zero-order valence-electron chi connectivity index (χ0n) is 15.8. The number of hydrogen-bond acceptors (Lipinski definition) is 5. The molecule has 0 N–H and O–H groups in total. The molecule has 0 saturated carbocycles. The molecule has 0 aliphatic rings. The van der Waals surface area contributed by atoms with E-state index in [1.54, 1.807) is 37.1 Å². The molecule has 0 bridgehead atoms. The predicted molar refractivity (Wildman–Crippen MR) is 99.5 cm³/mol. The molecular formula is C20H22FN3O3. The van der Waals surface area contributed by atoms with Crippen molar-refractivity contribution < 1.29 is 18.4 Å². The Morgan fingerprint density at radius 1 is 1.30 bits per heavy atom.